The van der Waals surface area contributed by atoms with Crippen LogP contribution >= 0.6 is 0 Å². The Kier molecular flexibility index (Phi) is 6.48. The zero-order chi connectivity index (χ0) is 21.5. The van der Waals surface area contributed by atoms with Gasteiger partial charge in [-0.1, -0.05) is 18.2 Å². The summed E-state index contributed by atoms with van der Waals surface area (Å²) in [7, 11) is 0. The highest BCUT2D eigenvalue weighted by Crippen LogP contribution is 2.30. The van der Waals surface area contributed by atoms with E-state index < -0.39 is 30.5 Å². The van der Waals surface area contributed by atoms with E-state index in [1.165, 1.54) is 19.1 Å². The van der Waals surface area contributed by atoms with Crippen molar-refractivity contribution >= 4 is 29.4 Å². The lowest BCUT2D eigenvalue weighted by atomic mass is 10.2. The van der Waals surface area contributed by atoms with Gasteiger partial charge in [0.05, 0.1) is 5.56 Å². The van der Waals surface area contributed by atoms with Crippen molar-refractivity contribution in [1.82, 2.24) is 10.9 Å². The van der Waals surface area contributed by atoms with Gasteiger partial charge in [0, 0.05) is 12.6 Å². The number of hydrazine groups is 1. The molecule has 3 N–H and O–H groups in total. The minimum absolute atomic E-state index is 0.0155. The summed E-state index contributed by atoms with van der Waals surface area (Å²) in [5.74, 6) is -1.46. The van der Waals surface area contributed by atoms with Crippen LogP contribution < -0.4 is 25.6 Å². The second kappa shape index (κ2) is 9.41. The van der Waals surface area contributed by atoms with Crippen molar-refractivity contribution in [3.8, 4) is 11.5 Å². The molecule has 0 unspecified atom stereocenters. The molecule has 1 aliphatic heterocycles. The average molecular weight is 413 g/mol. The third kappa shape index (κ3) is 5.47. The molecular formula is C20H19N3O7. The van der Waals surface area contributed by atoms with Gasteiger partial charge in [0.1, 0.15) is 6.61 Å². The number of fused-ring (bicyclic) bond motifs is 1. The van der Waals surface area contributed by atoms with Crippen LogP contribution in [0.2, 0.25) is 0 Å². The van der Waals surface area contributed by atoms with E-state index in [-0.39, 0.29) is 18.1 Å². The van der Waals surface area contributed by atoms with Crippen LogP contribution in [0.1, 0.15) is 17.3 Å². The maximum Gasteiger partial charge on any atom is 0.338 e. The number of benzene rings is 2. The summed E-state index contributed by atoms with van der Waals surface area (Å²) in [6.45, 7) is 0.708. The molecule has 10 nitrogen and oxygen atoms in total. The zero-order valence-electron chi connectivity index (χ0n) is 16.0. The number of carbonyl (C=O) groups is 4. The Morgan fingerprint density at radius 1 is 1.03 bits per heavy atom. The summed E-state index contributed by atoms with van der Waals surface area (Å²) in [4.78, 5) is 47.1. The fourth-order valence-electron chi connectivity index (χ4n) is 2.54. The molecule has 1 atom stereocenters. The number of rotatable bonds is 5. The Labute approximate surface area is 171 Å². The van der Waals surface area contributed by atoms with Crippen LogP contribution in [0.3, 0.4) is 0 Å². The Balaban J connectivity index is 1.43. The van der Waals surface area contributed by atoms with E-state index in [4.69, 9.17) is 14.2 Å². The van der Waals surface area contributed by atoms with Gasteiger partial charge < -0.3 is 19.5 Å². The van der Waals surface area contributed by atoms with Crippen molar-refractivity contribution in [2.45, 2.75) is 13.0 Å². The number of anilines is 1. The highest BCUT2D eigenvalue weighted by atomic mass is 16.6. The Morgan fingerprint density at radius 2 is 1.80 bits per heavy atom. The summed E-state index contributed by atoms with van der Waals surface area (Å²) in [5, 5.41) is 2.54. The lowest BCUT2D eigenvalue weighted by Crippen LogP contribution is -2.51. The minimum Gasteiger partial charge on any atom is -0.485 e. The molecule has 2 aromatic carbocycles. The van der Waals surface area contributed by atoms with Gasteiger partial charge >= 0.3 is 5.97 Å². The number of hydrogen-bond donors (Lipinski definition) is 3. The lowest BCUT2D eigenvalue weighted by Gasteiger charge is -2.25. The maximum atomic E-state index is 12.1. The summed E-state index contributed by atoms with van der Waals surface area (Å²) in [6.07, 6.45) is -0.945. The predicted molar refractivity (Wildman–Crippen MR) is 104 cm³/mol. The molecule has 0 aliphatic carbocycles. The molecule has 10 heteroatoms. The molecule has 3 rings (SSSR count). The van der Waals surface area contributed by atoms with Crippen molar-refractivity contribution in [2.75, 3.05) is 18.5 Å². The van der Waals surface area contributed by atoms with Gasteiger partial charge in [0.2, 0.25) is 12.0 Å². The molecule has 0 fully saturated rings. The van der Waals surface area contributed by atoms with Crippen LogP contribution in [-0.2, 0) is 19.1 Å². The molecule has 0 saturated heterocycles. The first-order valence-corrected chi connectivity index (χ1v) is 8.94. The molecule has 30 heavy (non-hydrogen) atoms. The Hall–Kier alpha value is -4.08. The van der Waals surface area contributed by atoms with Gasteiger partial charge in [-0.3, -0.25) is 25.2 Å². The van der Waals surface area contributed by atoms with E-state index in [0.717, 1.165) is 0 Å². The fraction of sp³-hybridized carbons (Fsp3) is 0.200. The van der Waals surface area contributed by atoms with Crippen molar-refractivity contribution in [3.05, 3.63) is 54.1 Å². The summed E-state index contributed by atoms with van der Waals surface area (Å²) < 4.78 is 15.9. The first-order valence-electron chi connectivity index (χ1n) is 8.94. The van der Waals surface area contributed by atoms with Crippen LogP contribution in [-0.4, -0.2) is 43.0 Å². The van der Waals surface area contributed by atoms with Gasteiger partial charge in [-0.15, -0.1) is 0 Å². The normalized spacial score (nSPS) is 14.2. The molecule has 0 aromatic heterocycles. The molecule has 3 amide bonds. The largest absolute Gasteiger partial charge is 0.485 e. The summed E-state index contributed by atoms with van der Waals surface area (Å²) in [6, 6.07) is 13.0. The zero-order valence-corrected chi connectivity index (χ0v) is 16.0. The third-order valence-electron chi connectivity index (χ3n) is 3.88. The second-order valence-corrected chi connectivity index (χ2v) is 6.24. The summed E-state index contributed by atoms with van der Waals surface area (Å²) >= 11 is 0. The van der Waals surface area contributed by atoms with Gasteiger partial charge in [0.25, 0.3) is 11.8 Å². The number of ether oxygens (including phenoxy) is 3. The van der Waals surface area contributed by atoms with E-state index in [9.17, 15) is 19.2 Å². The first kappa shape index (κ1) is 20.6. The smallest absolute Gasteiger partial charge is 0.338 e. The van der Waals surface area contributed by atoms with Crippen LogP contribution in [0.5, 0.6) is 11.5 Å². The first-order chi connectivity index (χ1) is 14.4. The molecule has 0 saturated carbocycles. The minimum atomic E-state index is -0.945. The molecule has 0 radical (unpaired) electrons. The lowest BCUT2D eigenvalue weighted by molar-refractivity contribution is -0.135. The number of carbonyl (C=O) groups excluding carboxylic acids is 4. The monoisotopic (exact) mass is 413 g/mol. The number of nitrogens with one attached hydrogen (secondary N) is 3. The van der Waals surface area contributed by atoms with E-state index in [1.54, 1.807) is 36.4 Å². The van der Waals surface area contributed by atoms with E-state index in [0.29, 0.717) is 17.2 Å². The van der Waals surface area contributed by atoms with Crippen LogP contribution in [0.25, 0.3) is 0 Å². The van der Waals surface area contributed by atoms with Crippen LogP contribution in [0, 0.1) is 0 Å². The van der Waals surface area contributed by atoms with Crippen molar-refractivity contribution in [2.24, 2.45) is 0 Å². The number of para-hydroxylation sites is 2. The quantitative estimate of drug-likeness (QED) is 0.488. The standard InChI is InChI=1S/C20H19N3O7/c1-12(24)21-14-6-4-5-13(9-14)20(27)29-11-18(25)22-23-19(26)17-10-28-15-7-2-3-8-16(15)30-17/h2-9,17H,10-11H2,1H3,(H,21,24)(H,22,25)(H,23,26)/t17-/m0/s1. The van der Waals surface area contributed by atoms with Gasteiger partial charge in [-0.2, -0.15) is 0 Å². The highest BCUT2D eigenvalue weighted by Gasteiger charge is 2.27. The maximum absolute atomic E-state index is 12.1. The van der Waals surface area contributed by atoms with Crippen molar-refractivity contribution in [1.29, 1.82) is 0 Å². The molecule has 1 aliphatic rings. The van der Waals surface area contributed by atoms with Gasteiger partial charge in [-0.05, 0) is 30.3 Å². The van der Waals surface area contributed by atoms with Crippen molar-refractivity contribution < 1.29 is 33.4 Å². The fourth-order valence-corrected chi connectivity index (χ4v) is 2.54. The Bertz CT molecular complexity index is 976. The highest BCUT2D eigenvalue weighted by molar-refractivity contribution is 5.94. The molecular weight excluding hydrogens is 394 g/mol. The van der Waals surface area contributed by atoms with E-state index in [2.05, 4.69) is 16.2 Å². The Morgan fingerprint density at radius 3 is 2.57 bits per heavy atom. The SMILES string of the molecule is CC(=O)Nc1cccc(C(=O)OCC(=O)NNC(=O)[C@@H]2COc3ccccc3O2)c1. The average Bonchev–Trinajstić information content (AvgIpc) is 2.75. The molecule has 2 aromatic rings. The number of hydrogen-bond acceptors (Lipinski definition) is 7. The second-order valence-electron chi connectivity index (χ2n) is 6.24. The van der Waals surface area contributed by atoms with Crippen molar-refractivity contribution in [3.63, 3.8) is 0 Å². The van der Waals surface area contributed by atoms with E-state index >= 15 is 0 Å². The van der Waals surface area contributed by atoms with E-state index in [1.807, 2.05) is 0 Å². The summed E-state index contributed by atoms with van der Waals surface area (Å²) in [5.41, 5.74) is 4.91. The molecule has 0 bridgehead atoms. The van der Waals surface area contributed by atoms with Crippen LogP contribution in [0.4, 0.5) is 5.69 Å². The number of amides is 3. The third-order valence-corrected chi connectivity index (χ3v) is 3.88. The topological polar surface area (TPSA) is 132 Å². The van der Waals surface area contributed by atoms with Crippen LogP contribution in [0.15, 0.2) is 48.5 Å². The van der Waals surface area contributed by atoms with Gasteiger partial charge in [0.15, 0.2) is 18.1 Å². The van der Waals surface area contributed by atoms with Gasteiger partial charge in [-0.25, -0.2) is 4.79 Å². The predicted octanol–water partition coefficient (Wildman–Crippen LogP) is 0.789. The molecule has 156 valence electrons. The number of esters is 1. The molecule has 1 heterocycles. The molecule has 0 spiro atoms.